The van der Waals surface area contributed by atoms with Crippen LogP contribution in [0.15, 0.2) is 288 Å². The average molecular weight is 1180 g/mol. The summed E-state index contributed by atoms with van der Waals surface area (Å²) in [6.45, 7) is 13.7. The largest absolute Gasteiger partial charge is 0.456 e. The average Bonchev–Trinajstić information content (AvgIpc) is 1.52. The van der Waals surface area contributed by atoms with Gasteiger partial charge in [0.1, 0.15) is 22.3 Å². The summed E-state index contributed by atoms with van der Waals surface area (Å²) in [6.07, 6.45) is 0. The maximum absolute atomic E-state index is 7.05. The lowest BCUT2D eigenvalue weighted by Gasteiger charge is -2.32. The third-order valence-corrected chi connectivity index (χ3v) is 21.0. The Hall–Kier alpha value is -10.9. The van der Waals surface area contributed by atoms with Gasteiger partial charge in [0, 0.05) is 67.8 Å². The summed E-state index contributed by atoms with van der Waals surface area (Å²) >= 11 is 0. The first-order valence-corrected chi connectivity index (χ1v) is 32.4. The maximum Gasteiger partial charge on any atom is 0.137 e. The molecule has 438 valence electrons. The molecule has 4 heteroatoms. The molecule has 0 amide bonds. The first-order chi connectivity index (χ1) is 44.8. The van der Waals surface area contributed by atoms with Gasteiger partial charge in [-0.3, -0.25) is 0 Å². The van der Waals surface area contributed by atoms with Crippen molar-refractivity contribution in [2.75, 3.05) is 9.80 Å². The molecule has 4 aliphatic rings. The Bertz CT molecular complexity index is 5150. The highest BCUT2D eigenvalue weighted by Crippen LogP contribution is 2.65. The van der Waals surface area contributed by atoms with Crippen molar-refractivity contribution >= 4 is 78.0 Å². The van der Waals surface area contributed by atoms with Crippen molar-refractivity contribution in [1.82, 2.24) is 0 Å². The van der Waals surface area contributed by atoms with Crippen LogP contribution in [0, 0.1) is 0 Å². The molecule has 0 radical (unpaired) electrons. The lowest BCUT2D eigenvalue weighted by molar-refractivity contribution is 0.590. The van der Waals surface area contributed by atoms with Crippen LogP contribution in [0.3, 0.4) is 0 Å². The Morgan fingerprint density at radius 3 is 0.783 bits per heavy atom. The Morgan fingerprint density at radius 2 is 0.478 bits per heavy atom. The molecular formula is C88H64N2O2. The second kappa shape index (κ2) is 18.8. The molecule has 0 atom stereocenters. The van der Waals surface area contributed by atoms with E-state index >= 15 is 0 Å². The zero-order valence-electron chi connectivity index (χ0n) is 52.3. The van der Waals surface area contributed by atoms with E-state index in [1.165, 1.54) is 100 Å². The van der Waals surface area contributed by atoms with E-state index in [1.807, 2.05) is 0 Å². The van der Waals surface area contributed by atoms with Crippen molar-refractivity contribution in [3.63, 3.8) is 0 Å². The summed E-state index contributed by atoms with van der Waals surface area (Å²) in [5.41, 5.74) is 32.0. The van der Waals surface area contributed by atoms with Crippen LogP contribution in [0.4, 0.5) is 34.1 Å². The van der Waals surface area contributed by atoms with Gasteiger partial charge in [0.15, 0.2) is 0 Å². The molecule has 92 heavy (non-hydrogen) atoms. The van der Waals surface area contributed by atoms with E-state index in [4.69, 9.17) is 8.83 Å². The molecule has 13 aromatic carbocycles. The van der Waals surface area contributed by atoms with Gasteiger partial charge in [-0.25, -0.2) is 0 Å². The van der Waals surface area contributed by atoms with Gasteiger partial charge in [0.25, 0.3) is 0 Å². The summed E-state index contributed by atoms with van der Waals surface area (Å²) in [5.74, 6) is 0. The molecule has 19 rings (SSSR count). The molecule has 0 N–H and O–H groups in total. The van der Waals surface area contributed by atoms with Crippen LogP contribution in [0.1, 0.15) is 97.2 Å². The minimum Gasteiger partial charge on any atom is -0.456 e. The Morgan fingerprint density at radius 1 is 0.228 bits per heavy atom. The molecule has 2 spiro atoms. The van der Waals surface area contributed by atoms with Crippen molar-refractivity contribution in [3.8, 4) is 44.5 Å². The van der Waals surface area contributed by atoms with Gasteiger partial charge in [0.05, 0.1) is 10.8 Å². The summed E-state index contributed by atoms with van der Waals surface area (Å²) in [4.78, 5) is 4.82. The van der Waals surface area contributed by atoms with E-state index in [2.05, 4.69) is 330 Å². The van der Waals surface area contributed by atoms with E-state index in [0.717, 1.165) is 78.0 Å². The molecule has 15 aromatic rings. The van der Waals surface area contributed by atoms with Crippen LogP contribution in [0.2, 0.25) is 0 Å². The van der Waals surface area contributed by atoms with Crippen molar-refractivity contribution in [2.45, 2.75) is 63.2 Å². The lowest BCUT2D eigenvalue weighted by atomic mass is 9.70. The molecule has 2 aromatic heterocycles. The smallest absolute Gasteiger partial charge is 0.137 e. The number of hydrogen-bond donors (Lipinski definition) is 0. The van der Waals surface area contributed by atoms with Gasteiger partial charge in [-0.05, 0) is 196 Å². The first-order valence-electron chi connectivity index (χ1n) is 32.4. The normalized spacial score (nSPS) is 14.2. The predicted octanol–water partition coefficient (Wildman–Crippen LogP) is 23.7. The number of furan rings is 2. The van der Waals surface area contributed by atoms with E-state index in [1.54, 1.807) is 0 Å². The zero-order valence-corrected chi connectivity index (χ0v) is 52.3. The fourth-order valence-electron chi connectivity index (χ4n) is 16.9. The highest BCUT2D eigenvalue weighted by Gasteiger charge is 2.53. The minimum atomic E-state index is -0.476. The summed E-state index contributed by atoms with van der Waals surface area (Å²) in [6, 6.07) is 105. The Labute approximate surface area is 535 Å². The second-order valence-corrected chi connectivity index (χ2v) is 27.9. The lowest BCUT2D eigenvalue weighted by Crippen LogP contribution is -2.26. The quantitative estimate of drug-likeness (QED) is 0.166. The zero-order chi connectivity index (χ0) is 61.6. The monoisotopic (exact) mass is 1180 g/mol. The van der Waals surface area contributed by atoms with Crippen LogP contribution in [-0.2, 0) is 21.7 Å². The molecule has 4 nitrogen and oxygen atoms in total. The Balaban J connectivity index is 0.739. The van der Waals surface area contributed by atoms with Gasteiger partial charge in [-0.2, -0.15) is 0 Å². The van der Waals surface area contributed by atoms with Crippen molar-refractivity contribution in [2.24, 2.45) is 0 Å². The molecule has 4 aliphatic carbocycles. The van der Waals surface area contributed by atoms with E-state index in [-0.39, 0.29) is 10.8 Å². The molecule has 0 unspecified atom stereocenters. The highest BCUT2D eigenvalue weighted by atomic mass is 16.3. The van der Waals surface area contributed by atoms with Crippen molar-refractivity contribution in [3.05, 3.63) is 335 Å². The first kappa shape index (κ1) is 52.9. The third kappa shape index (κ3) is 7.18. The Kier molecular flexibility index (Phi) is 10.8. The van der Waals surface area contributed by atoms with E-state index < -0.39 is 10.8 Å². The number of benzene rings is 13. The number of anilines is 6. The van der Waals surface area contributed by atoms with E-state index in [0.29, 0.717) is 0 Å². The number of nitrogens with zero attached hydrogens (tertiary/aromatic N) is 2. The predicted molar refractivity (Wildman–Crippen MR) is 380 cm³/mol. The van der Waals surface area contributed by atoms with Crippen LogP contribution >= 0.6 is 0 Å². The van der Waals surface area contributed by atoms with Gasteiger partial charge in [-0.15, -0.1) is 0 Å². The fourth-order valence-corrected chi connectivity index (χ4v) is 16.9. The van der Waals surface area contributed by atoms with Crippen LogP contribution in [-0.4, -0.2) is 0 Å². The van der Waals surface area contributed by atoms with Gasteiger partial charge < -0.3 is 18.6 Å². The summed E-state index contributed by atoms with van der Waals surface area (Å²) in [5, 5.41) is 4.09. The summed E-state index contributed by atoms with van der Waals surface area (Å²) in [7, 11) is 0. The molecule has 0 bridgehead atoms. The SMILES string of the molecule is CC(C)(C)c1ccc(N(c2ccc3c(c2)C2(c4ccccc4-c4ccccc42)c2ccccc2-3)c2ccc3c(c2)oc2cc4c(cc23)oc2cc(N(c3ccc(C(C)(C)C)cc3)c3ccc5c(c3)C3(c6ccccc6-c6ccccc63)c3ccccc3-5)ccc24)cc1. The van der Waals surface area contributed by atoms with Crippen molar-refractivity contribution in [1.29, 1.82) is 0 Å². The standard InChI is InChI=1S/C88H64N2O2/c1-85(2,3)53-31-35-55(36-32-53)89(57-39-43-67-65-23-11-17-29-77(65)87(79(67)47-57)73-25-13-7-19-61(73)62-20-8-14-26-74(62)87)59-41-45-69-71-51-84-72(52-83(71)91-81(69)49-59)70-46-42-60(50-82(70)92-84)90(56-37-33-54(34-38-56)86(4,5)6)58-40-44-68-66-24-12-18-30-78(66)88(80(68)48-58)75-27-15-9-21-63(75)64-22-10-16-28-76(64)88/h7-52H,1-6H3. The van der Waals surface area contributed by atoms with Gasteiger partial charge in [-0.1, -0.05) is 224 Å². The van der Waals surface area contributed by atoms with Gasteiger partial charge in [0.2, 0.25) is 0 Å². The van der Waals surface area contributed by atoms with Crippen LogP contribution in [0.25, 0.3) is 88.4 Å². The van der Waals surface area contributed by atoms with Crippen molar-refractivity contribution < 1.29 is 8.83 Å². The molecule has 0 saturated carbocycles. The number of hydrogen-bond acceptors (Lipinski definition) is 4. The maximum atomic E-state index is 7.05. The highest BCUT2D eigenvalue weighted by molar-refractivity contribution is 6.16. The molecule has 0 saturated heterocycles. The molecule has 0 fully saturated rings. The van der Waals surface area contributed by atoms with E-state index in [9.17, 15) is 0 Å². The summed E-state index contributed by atoms with van der Waals surface area (Å²) < 4.78 is 14.1. The minimum absolute atomic E-state index is 0.00413. The van der Waals surface area contributed by atoms with Gasteiger partial charge >= 0.3 is 0 Å². The topological polar surface area (TPSA) is 32.8 Å². The molecular weight excluding hydrogens is 1120 g/mol. The third-order valence-electron chi connectivity index (χ3n) is 21.0. The molecule has 2 heterocycles. The number of rotatable bonds is 6. The number of fused-ring (bicyclic) bond motifs is 26. The van der Waals surface area contributed by atoms with Crippen LogP contribution in [0.5, 0.6) is 0 Å². The second-order valence-electron chi connectivity index (χ2n) is 27.9. The fraction of sp³-hybridized carbons (Fsp3) is 0.114. The van der Waals surface area contributed by atoms with Crippen LogP contribution < -0.4 is 9.80 Å². The molecule has 0 aliphatic heterocycles.